The summed E-state index contributed by atoms with van der Waals surface area (Å²) in [5.41, 5.74) is 0.206. The van der Waals surface area contributed by atoms with E-state index in [2.05, 4.69) is 4.98 Å². The lowest BCUT2D eigenvalue weighted by atomic mass is 10.1. The summed E-state index contributed by atoms with van der Waals surface area (Å²) >= 11 is 5.92. The minimum atomic E-state index is -4.37. The van der Waals surface area contributed by atoms with Crippen LogP contribution >= 0.6 is 11.6 Å². The second-order valence-electron chi connectivity index (χ2n) is 7.84. The number of carbonyl (C=O) groups is 1. The van der Waals surface area contributed by atoms with Crippen molar-refractivity contribution in [1.29, 1.82) is 0 Å². The number of carbonyl (C=O) groups excluding carboxylic acids is 1. The maximum Gasteiger partial charge on any atom is 0.294 e. The number of pyridine rings is 1. The summed E-state index contributed by atoms with van der Waals surface area (Å²) in [4.78, 5) is 15.0. The summed E-state index contributed by atoms with van der Waals surface area (Å²) in [6, 6.07) is 16.3. The van der Waals surface area contributed by atoms with E-state index in [-0.39, 0.29) is 39.7 Å². The van der Waals surface area contributed by atoms with Gasteiger partial charge in [-0.15, -0.1) is 0 Å². The number of halogens is 2. The summed E-state index contributed by atoms with van der Waals surface area (Å²) in [6.07, 6.45) is 1.24. The van der Waals surface area contributed by atoms with Gasteiger partial charge in [0.25, 0.3) is 26.5 Å². The molecule has 0 aliphatic rings. The molecule has 0 aliphatic heterocycles. The Kier molecular flexibility index (Phi) is 7.86. The Morgan fingerprint density at radius 2 is 1.42 bits per heavy atom. The zero-order chi connectivity index (χ0) is 27.5. The number of nitrogens with zero attached hydrogens (tertiary/aromatic N) is 3. The maximum absolute atomic E-state index is 13.5. The number of aromatic nitrogens is 1. The highest BCUT2D eigenvalue weighted by atomic mass is 35.5. The van der Waals surface area contributed by atoms with Gasteiger partial charge in [0.2, 0.25) is 0 Å². The average molecular weight is 578 g/mol. The van der Waals surface area contributed by atoms with Crippen LogP contribution in [0.4, 0.5) is 15.9 Å². The third-order valence-corrected chi connectivity index (χ3v) is 9.49. The van der Waals surface area contributed by atoms with Gasteiger partial charge in [0.1, 0.15) is 5.82 Å². The largest absolute Gasteiger partial charge is 0.445 e. The summed E-state index contributed by atoms with van der Waals surface area (Å²) in [5.74, 6) is -0.746. The average Bonchev–Trinajstić information content (AvgIpc) is 2.90. The first-order chi connectivity index (χ1) is 18.1. The minimum Gasteiger partial charge on any atom is -0.445 e. The molecule has 0 amide bonds. The molecule has 0 atom stereocenters. The molecule has 198 valence electrons. The number of ether oxygens (including phenoxy) is 1. The molecule has 1 heterocycles. The van der Waals surface area contributed by atoms with E-state index in [4.69, 9.17) is 16.3 Å². The van der Waals surface area contributed by atoms with Crippen LogP contribution in [0.1, 0.15) is 6.92 Å². The molecule has 0 fully saturated rings. The molecule has 0 unspecified atom stereocenters. The first-order valence-electron chi connectivity index (χ1n) is 11.1. The number of hydrogen-bond donors (Lipinski definition) is 0. The Morgan fingerprint density at radius 3 is 2.00 bits per heavy atom. The molecule has 1 aromatic heterocycles. The second kappa shape index (κ2) is 10.9. The first kappa shape index (κ1) is 27.3. The van der Waals surface area contributed by atoms with Gasteiger partial charge < -0.3 is 4.74 Å². The van der Waals surface area contributed by atoms with Crippen LogP contribution in [0.3, 0.4) is 0 Å². The van der Waals surface area contributed by atoms with E-state index < -0.39 is 32.6 Å². The van der Waals surface area contributed by atoms with Crippen LogP contribution in [0.5, 0.6) is 0 Å². The molecule has 38 heavy (non-hydrogen) atoms. The lowest BCUT2D eigenvalue weighted by Crippen LogP contribution is -2.35. The fourth-order valence-electron chi connectivity index (χ4n) is 3.84. The highest BCUT2D eigenvalue weighted by Crippen LogP contribution is 2.36. The van der Waals surface area contributed by atoms with Crippen LogP contribution in [0.15, 0.2) is 88.8 Å². The second-order valence-corrected chi connectivity index (χ2v) is 12.0. The quantitative estimate of drug-likeness (QED) is 0.200. The van der Waals surface area contributed by atoms with Crippen molar-refractivity contribution in [2.45, 2.75) is 16.7 Å². The van der Waals surface area contributed by atoms with E-state index in [1.165, 1.54) is 30.5 Å². The van der Waals surface area contributed by atoms with Gasteiger partial charge in [-0.2, -0.15) is 0 Å². The minimum absolute atomic E-state index is 0.0109. The summed E-state index contributed by atoms with van der Waals surface area (Å²) < 4.78 is 74.1. The van der Waals surface area contributed by atoms with Crippen LogP contribution < -0.4 is 8.61 Å². The molecule has 0 bridgehead atoms. The van der Waals surface area contributed by atoms with E-state index >= 15 is 0 Å². The van der Waals surface area contributed by atoms with Crippen LogP contribution in [-0.2, 0) is 29.6 Å². The number of hydrogen-bond acceptors (Lipinski definition) is 7. The van der Waals surface area contributed by atoms with E-state index in [9.17, 15) is 26.0 Å². The number of anilines is 2. The van der Waals surface area contributed by atoms with Gasteiger partial charge in [-0.25, -0.2) is 30.5 Å². The highest BCUT2D eigenvalue weighted by Gasteiger charge is 2.31. The summed E-state index contributed by atoms with van der Waals surface area (Å²) in [5, 5.41) is 1.03. The number of sulfonamides is 2. The summed E-state index contributed by atoms with van der Waals surface area (Å²) in [6.45, 7) is 1.06. The third-order valence-electron chi connectivity index (χ3n) is 5.61. The zero-order valence-corrected chi connectivity index (χ0v) is 22.2. The van der Waals surface area contributed by atoms with E-state index in [0.717, 1.165) is 32.9 Å². The van der Waals surface area contributed by atoms with Gasteiger partial charge in [0.05, 0.1) is 21.7 Å². The van der Waals surface area contributed by atoms with Crippen molar-refractivity contribution in [2.75, 3.05) is 21.9 Å². The summed E-state index contributed by atoms with van der Waals surface area (Å²) in [7, 11) is -8.41. The van der Waals surface area contributed by atoms with Crippen LogP contribution in [0.25, 0.3) is 10.8 Å². The highest BCUT2D eigenvalue weighted by molar-refractivity contribution is 7.93. The Labute approximate surface area is 224 Å². The van der Waals surface area contributed by atoms with E-state index in [0.29, 0.717) is 10.4 Å². The lowest BCUT2D eigenvalue weighted by molar-refractivity contribution is -0.128. The Bertz CT molecular complexity index is 1680. The van der Waals surface area contributed by atoms with Gasteiger partial charge in [-0.3, -0.25) is 9.10 Å². The molecule has 0 saturated carbocycles. The van der Waals surface area contributed by atoms with Gasteiger partial charge in [-0.1, -0.05) is 35.9 Å². The molecule has 3 aromatic carbocycles. The molecule has 13 heteroatoms. The lowest BCUT2D eigenvalue weighted by Gasteiger charge is -2.27. The van der Waals surface area contributed by atoms with Crippen LogP contribution in [0, 0.1) is 5.82 Å². The van der Waals surface area contributed by atoms with Crippen molar-refractivity contribution >= 4 is 60.4 Å². The molecule has 0 spiro atoms. The molecule has 4 rings (SSSR count). The fourth-order valence-corrected chi connectivity index (χ4v) is 6.75. The van der Waals surface area contributed by atoms with Gasteiger partial charge >= 0.3 is 0 Å². The standard InChI is InChI=1S/C25H21ClFN3O6S2/c1-2-29(37(32,33)20-11-7-18(26)8-12-20)24-15-28-25(23-6-4-3-5-22(23)24)30(16-36-17-31)38(34,35)21-13-9-19(27)10-14-21/h3-15,17H,2,16H2,1H3. The number of benzene rings is 3. The third kappa shape index (κ3) is 5.15. The van der Waals surface area contributed by atoms with E-state index in [1.807, 2.05) is 0 Å². The molecule has 9 nitrogen and oxygen atoms in total. The molecule has 0 radical (unpaired) electrons. The molecular formula is C25H21ClFN3O6S2. The van der Waals surface area contributed by atoms with Gasteiger partial charge in [0.15, 0.2) is 12.5 Å². The predicted molar refractivity (Wildman–Crippen MR) is 141 cm³/mol. The smallest absolute Gasteiger partial charge is 0.294 e. The van der Waals surface area contributed by atoms with Crippen molar-refractivity contribution < 1.29 is 30.8 Å². The van der Waals surface area contributed by atoms with Crippen molar-refractivity contribution in [3.8, 4) is 0 Å². The van der Waals surface area contributed by atoms with Crippen molar-refractivity contribution in [1.82, 2.24) is 4.98 Å². The zero-order valence-electron chi connectivity index (χ0n) is 19.9. The molecule has 0 saturated heterocycles. The normalized spacial score (nSPS) is 11.8. The van der Waals surface area contributed by atoms with Crippen molar-refractivity contribution in [2.24, 2.45) is 0 Å². The number of fused-ring (bicyclic) bond motifs is 1. The SMILES string of the molecule is CCN(c1cnc(N(COC=O)S(=O)(=O)c2ccc(F)cc2)c2ccccc12)S(=O)(=O)c1ccc(Cl)cc1. The number of rotatable bonds is 10. The van der Waals surface area contributed by atoms with Gasteiger partial charge in [0, 0.05) is 22.3 Å². The molecular weight excluding hydrogens is 557 g/mol. The predicted octanol–water partition coefficient (Wildman–Crippen LogP) is 4.57. The Hall–Kier alpha value is -3.74. The van der Waals surface area contributed by atoms with Crippen LogP contribution in [0.2, 0.25) is 5.02 Å². The monoisotopic (exact) mass is 577 g/mol. The molecule has 0 N–H and O–H groups in total. The van der Waals surface area contributed by atoms with Gasteiger partial charge in [-0.05, 0) is 55.5 Å². The Morgan fingerprint density at radius 1 is 0.868 bits per heavy atom. The van der Waals surface area contributed by atoms with E-state index in [1.54, 1.807) is 31.2 Å². The topological polar surface area (TPSA) is 114 Å². The first-order valence-corrected chi connectivity index (χ1v) is 14.4. The fraction of sp³-hybridized carbons (Fsp3) is 0.120. The molecule has 4 aromatic rings. The Balaban J connectivity index is 1.90. The van der Waals surface area contributed by atoms with Crippen molar-refractivity contribution in [3.63, 3.8) is 0 Å². The molecule has 0 aliphatic carbocycles. The van der Waals surface area contributed by atoms with Crippen molar-refractivity contribution in [3.05, 3.63) is 89.8 Å². The maximum atomic E-state index is 13.5. The van der Waals surface area contributed by atoms with Crippen LogP contribution in [-0.4, -0.2) is 41.6 Å².